The van der Waals surface area contributed by atoms with Gasteiger partial charge in [-0.3, -0.25) is 4.79 Å². The minimum absolute atomic E-state index is 0.127. The predicted octanol–water partition coefficient (Wildman–Crippen LogP) is 4.17. The van der Waals surface area contributed by atoms with E-state index in [0.717, 1.165) is 61.4 Å². The minimum atomic E-state index is 0.127. The fraction of sp³-hybridized carbons (Fsp3) is 0.450. The third kappa shape index (κ3) is 4.19. The van der Waals surface area contributed by atoms with Crippen molar-refractivity contribution in [3.8, 4) is 11.5 Å². The molecule has 0 bridgehead atoms. The van der Waals surface area contributed by atoms with Gasteiger partial charge in [-0.1, -0.05) is 31.6 Å². The molecule has 0 saturated carbocycles. The Kier molecular flexibility index (Phi) is 5.57. The first-order valence-corrected chi connectivity index (χ1v) is 8.83. The van der Waals surface area contributed by atoms with E-state index in [9.17, 15) is 4.79 Å². The van der Waals surface area contributed by atoms with Crippen LogP contribution in [0.5, 0.6) is 11.5 Å². The van der Waals surface area contributed by atoms with Crippen molar-refractivity contribution in [2.24, 2.45) is 0 Å². The largest absolute Gasteiger partial charge is 0.454 e. The van der Waals surface area contributed by atoms with Gasteiger partial charge in [-0.15, -0.1) is 0 Å². The van der Waals surface area contributed by atoms with Crippen molar-refractivity contribution in [1.29, 1.82) is 0 Å². The molecule has 24 heavy (non-hydrogen) atoms. The number of nitrogens with zero attached hydrogens (tertiary/aromatic N) is 1. The number of hydrogen-bond donors (Lipinski definition) is 0. The molecule has 0 atom stereocenters. The average Bonchev–Trinajstić information content (AvgIpc) is 3.08. The highest BCUT2D eigenvalue weighted by Gasteiger charge is 2.14. The average molecular weight is 327 g/mol. The van der Waals surface area contributed by atoms with Crippen LogP contribution in [-0.2, 0) is 4.79 Å². The van der Waals surface area contributed by atoms with E-state index in [1.165, 1.54) is 6.42 Å². The number of benzene rings is 1. The first-order valence-electron chi connectivity index (χ1n) is 8.83. The van der Waals surface area contributed by atoms with Gasteiger partial charge in [0, 0.05) is 19.2 Å². The Morgan fingerprint density at radius 2 is 1.92 bits per heavy atom. The van der Waals surface area contributed by atoms with Crippen LogP contribution in [0.2, 0.25) is 0 Å². The Balaban J connectivity index is 1.71. The van der Waals surface area contributed by atoms with Crippen LogP contribution >= 0.6 is 0 Å². The number of ether oxygens (including phenoxy) is 2. The number of rotatable bonds is 5. The molecule has 0 unspecified atom stereocenters. The zero-order chi connectivity index (χ0) is 16.8. The monoisotopic (exact) mass is 327 g/mol. The summed E-state index contributed by atoms with van der Waals surface area (Å²) in [4.78, 5) is 14.2. The van der Waals surface area contributed by atoms with Gasteiger partial charge < -0.3 is 14.4 Å². The number of carbonyl (C=O) groups excluding carboxylic acids is 1. The van der Waals surface area contributed by atoms with Crippen LogP contribution in [0, 0.1) is 0 Å². The van der Waals surface area contributed by atoms with Gasteiger partial charge in [0.1, 0.15) is 0 Å². The third-order valence-electron chi connectivity index (χ3n) is 4.40. The summed E-state index contributed by atoms with van der Waals surface area (Å²) in [6, 6.07) is 5.93. The van der Waals surface area contributed by atoms with Gasteiger partial charge in [0.15, 0.2) is 11.5 Å². The van der Waals surface area contributed by atoms with Gasteiger partial charge in [0.25, 0.3) is 0 Å². The second-order valence-corrected chi connectivity index (χ2v) is 6.30. The molecule has 0 aliphatic carbocycles. The summed E-state index contributed by atoms with van der Waals surface area (Å²) in [5, 5.41) is 0. The Morgan fingerprint density at radius 1 is 1.12 bits per heavy atom. The zero-order valence-electron chi connectivity index (χ0n) is 14.3. The van der Waals surface area contributed by atoms with E-state index in [1.807, 2.05) is 29.2 Å². The summed E-state index contributed by atoms with van der Waals surface area (Å²) in [6.45, 7) is 4.21. The maximum absolute atomic E-state index is 12.3. The van der Waals surface area contributed by atoms with Crippen molar-refractivity contribution in [2.45, 2.75) is 39.0 Å². The first-order chi connectivity index (χ1) is 11.8. The zero-order valence-corrected chi connectivity index (χ0v) is 14.3. The molecule has 3 rings (SSSR count). The van der Waals surface area contributed by atoms with E-state index in [-0.39, 0.29) is 12.7 Å². The quantitative estimate of drug-likeness (QED) is 0.602. The van der Waals surface area contributed by atoms with Gasteiger partial charge in [-0.25, -0.2) is 0 Å². The number of allylic oxidation sites excluding steroid dienone is 2. The number of carbonyl (C=O) groups is 1. The van der Waals surface area contributed by atoms with Gasteiger partial charge in [-0.2, -0.15) is 0 Å². The molecule has 1 aromatic rings. The Morgan fingerprint density at radius 3 is 2.71 bits per heavy atom. The van der Waals surface area contributed by atoms with Crippen LogP contribution in [-0.4, -0.2) is 30.7 Å². The van der Waals surface area contributed by atoms with Crippen molar-refractivity contribution >= 4 is 12.0 Å². The molecule has 0 aromatic heterocycles. The summed E-state index contributed by atoms with van der Waals surface area (Å²) in [5.74, 6) is 1.70. The fourth-order valence-electron chi connectivity index (χ4n) is 3.11. The van der Waals surface area contributed by atoms with Crippen LogP contribution < -0.4 is 9.47 Å². The lowest BCUT2D eigenvalue weighted by Gasteiger charge is -2.25. The van der Waals surface area contributed by atoms with Crippen LogP contribution in [0.25, 0.3) is 6.08 Å². The van der Waals surface area contributed by atoms with Gasteiger partial charge >= 0.3 is 0 Å². The van der Waals surface area contributed by atoms with E-state index in [2.05, 4.69) is 13.0 Å². The molecule has 1 aromatic carbocycles. The van der Waals surface area contributed by atoms with Gasteiger partial charge in [0.2, 0.25) is 12.7 Å². The van der Waals surface area contributed by atoms with Crippen LogP contribution in [0.1, 0.15) is 44.6 Å². The molecule has 4 nitrogen and oxygen atoms in total. The number of amides is 1. The van der Waals surface area contributed by atoms with E-state index < -0.39 is 0 Å². The molecule has 1 fully saturated rings. The van der Waals surface area contributed by atoms with Crippen LogP contribution in [0.4, 0.5) is 0 Å². The molecule has 4 heteroatoms. The molecule has 2 heterocycles. The number of piperidine rings is 1. The van der Waals surface area contributed by atoms with E-state index in [4.69, 9.17) is 9.47 Å². The topological polar surface area (TPSA) is 38.8 Å². The van der Waals surface area contributed by atoms with Crippen molar-refractivity contribution < 1.29 is 14.3 Å². The molecule has 128 valence electrons. The van der Waals surface area contributed by atoms with E-state index >= 15 is 0 Å². The normalized spacial score (nSPS) is 17.5. The summed E-state index contributed by atoms with van der Waals surface area (Å²) >= 11 is 0. The number of fused-ring (bicyclic) bond motifs is 1. The molecule has 0 spiro atoms. The first kappa shape index (κ1) is 16.6. The summed E-state index contributed by atoms with van der Waals surface area (Å²) in [6.07, 6.45) is 11.3. The molecule has 0 radical (unpaired) electrons. The summed E-state index contributed by atoms with van der Waals surface area (Å²) < 4.78 is 10.8. The maximum atomic E-state index is 12.3. The van der Waals surface area contributed by atoms with Crippen LogP contribution in [0.3, 0.4) is 0 Å². The Labute approximate surface area is 143 Å². The molecular weight excluding hydrogens is 302 g/mol. The number of hydrogen-bond acceptors (Lipinski definition) is 3. The lowest BCUT2D eigenvalue weighted by atomic mass is 10.1. The third-order valence-corrected chi connectivity index (χ3v) is 4.40. The van der Waals surface area contributed by atoms with Crippen molar-refractivity contribution in [1.82, 2.24) is 4.90 Å². The highest BCUT2D eigenvalue weighted by atomic mass is 16.7. The van der Waals surface area contributed by atoms with Gasteiger partial charge in [-0.05, 0) is 49.0 Å². The molecule has 2 aliphatic rings. The standard InChI is InChI=1S/C20H25NO3/c1-2-6-16(8-10-20(22)21-11-4-3-5-12-21)13-17-7-9-18-19(14-17)24-15-23-18/h7-10,13-14H,2-6,11-12,15H2,1H3/b10-8+,16-13+. The maximum Gasteiger partial charge on any atom is 0.246 e. The van der Waals surface area contributed by atoms with Crippen molar-refractivity contribution in [2.75, 3.05) is 19.9 Å². The Hall–Kier alpha value is -2.23. The molecule has 1 saturated heterocycles. The van der Waals surface area contributed by atoms with Crippen molar-refractivity contribution in [3.63, 3.8) is 0 Å². The highest BCUT2D eigenvalue weighted by Crippen LogP contribution is 2.33. The lowest BCUT2D eigenvalue weighted by molar-refractivity contribution is -0.126. The highest BCUT2D eigenvalue weighted by molar-refractivity contribution is 5.88. The molecule has 2 aliphatic heterocycles. The van der Waals surface area contributed by atoms with Crippen LogP contribution in [0.15, 0.2) is 35.9 Å². The molecular formula is C20H25NO3. The lowest BCUT2D eigenvalue weighted by Crippen LogP contribution is -2.34. The fourth-order valence-corrected chi connectivity index (χ4v) is 3.11. The van der Waals surface area contributed by atoms with E-state index in [0.29, 0.717) is 0 Å². The minimum Gasteiger partial charge on any atom is -0.454 e. The molecule has 0 N–H and O–H groups in total. The second-order valence-electron chi connectivity index (χ2n) is 6.30. The summed E-state index contributed by atoms with van der Waals surface area (Å²) in [5.41, 5.74) is 2.22. The van der Waals surface area contributed by atoms with Crippen molar-refractivity contribution in [3.05, 3.63) is 41.5 Å². The summed E-state index contributed by atoms with van der Waals surface area (Å²) in [7, 11) is 0. The molecule has 1 amide bonds. The number of likely N-dealkylation sites (tertiary alicyclic amines) is 1. The Bertz CT molecular complexity index is 642. The predicted molar refractivity (Wildman–Crippen MR) is 95.0 cm³/mol. The smallest absolute Gasteiger partial charge is 0.246 e. The SMILES string of the molecule is CCCC(/C=C/C(=O)N1CCCCC1)=C\c1ccc2c(c1)OCO2. The van der Waals surface area contributed by atoms with Gasteiger partial charge in [0.05, 0.1) is 0 Å². The second kappa shape index (κ2) is 8.04. The van der Waals surface area contributed by atoms with E-state index in [1.54, 1.807) is 6.08 Å².